The van der Waals surface area contributed by atoms with Gasteiger partial charge in [-0.15, -0.1) is 11.8 Å². The number of primary amides is 1. The lowest BCUT2D eigenvalue weighted by atomic mass is 10.3. The molecule has 1 fully saturated rings. The number of thioether (sulfide) groups is 1. The molecular formula is C4H7NOS. The molecule has 0 aromatic rings. The third-order valence-corrected chi connectivity index (χ3v) is 2.36. The third-order valence-electron chi connectivity index (χ3n) is 1.02. The Hall–Kier alpha value is -0.180. The molecular weight excluding hydrogens is 110 g/mol. The van der Waals surface area contributed by atoms with Gasteiger partial charge >= 0.3 is 0 Å². The summed E-state index contributed by atoms with van der Waals surface area (Å²) in [6, 6.07) is 0. The van der Waals surface area contributed by atoms with Gasteiger partial charge in [-0.3, -0.25) is 4.79 Å². The molecule has 3 heteroatoms. The predicted molar refractivity (Wildman–Crippen MR) is 30.1 cm³/mol. The molecule has 0 bridgehead atoms. The van der Waals surface area contributed by atoms with Gasteiger partial charge in [0.2, 0.25) is 5.91 Å². The van der Waals surface area contributed by atoms with Crippen LogP contribution in [0.2, 0.25) is 0 Å². The molecule has 1 unspecified atom stereocenters. The van der Waals surface area contributed by atoms with E-state index in [4.69, 9.17) is 5.73 Å². The molecule has 1 rings (SSSR count). The lowest BCUT2D eigenvalue weighted by molar-refractivity contribution is -0.117. The highest BCUT2D eigenvalue weighted by Gasteiger charge is 2.22. The Bertz CT molecular complexity index is 89.7. The lowest BCUT2D eigenvalue weighted by Crippen LogP contribution is -2.32. The van der Waals surface area contributed by atoms with Crippen molar-refractivity contribution in [2.75, 3.05) is 5.75 Å². The first-order valence-electron chi connectivity index (χ1n) is 2.21. The Labute approximate surface area is 46.5 Å². The molecule has 7 heavy (non-hydrogen) atoms. The number of rotatable bonds is 1. The average molecular weight is 117 g/mol. The summed E-state index contributed by atoms with van der Waals surface area (Å²) in [5.74, 6) is 0.949. The van der Waals surface area contributed by atoms with Crippen LogP contribution in [0.3, 0.4) is 0 Å². The van der Waals surface area contributed by atoms with Gasteiger partial charge in [-0.1, -0.05) is 0 Å². The fraction of sp³-hybridized carbons (Fsp3) is 0.750. The molecule has 1 aliphatic heterocycles. The highest BCUT2D eigenvalue weighted by atomic mass is 32.2. The van der Waals surface area contributed by atoms with Crippen molar-refractivity contribution in [3.05, 3.63) is 0 Å². The van der Waals surface area contributed by atoms with E-state index in [1.807, 2.05) is 0 Å². The van der Waals surface area contributed by atoms with E-state index in [0.29, 0.717) is 0 Å². The summed E-state index contributed by atoms with van der Waals surface area (Å²) in [4.78, 5) is 10.2. The fourth-order valence-electron chi connectivity index (χ4n) is 0.460. The van der Waals surface area contributed by atoms with Gasteiger partial charge in [-0.25, -0.2) is 0 Å². The molecule has 40 valence electrons. The Kier molecular flexibility index (Phi) is 1.23. The zero-order valence-corrected chi connectivity index (χ0v) is 4.70. The zero-order chi connectivity index (χ0) is 5.28. The van der Waals surface area contributed by atoms with Crippen molar-refractivity contribution in [2.24, 2.45) is 5.73 Å². The second-order valence-electron chi connectivity index (χ2n) is 1.55. The summed E-state index contributed by atoms with van der Waals surface area (Å²) in [5, 5.41) is 0.139. The third kappa shape index (κ3) is 0.881. The highest BCUT2D eigenvalue weighted by molar-refractivity contribution is 8.01. The first-order chi connectivity index (χ1) is 3.30. The highest BCUT2D eigenvalue weighted by Crippen LogP contribution is 2.26. The minimum Gasteiger partial charge on any atom is -0.369 e. The number of hydrogen-bond acceptors (Lipinski definition) is 2. The maximum atomic E-state index is 10.2. The van der Waals surface area contributed by atoms with Gasteiger partial charge in [-0.05, 0) is 12.2 Å². The topological polar surface area (TPSA) is 43.1 Å². The van der Waals surface area contributed by atoms with E-state index in [1.165, 1.54) is 0 Å². The van der Waals surface area contributed by atoms with Crippen LogP contribution < -0.4 is 5.73 Å². The van der Waals surface area contributed by atoms with Crippen LogP contribution in [-0.2, 0) is 4.79 Å². The van der Waals surface area contributed by atoms with Crippen LogP contribution >= 0.6 is 11.8 Å². The summed E-state index contributed by atoms with van der Waals surface area (Å²) in [5.41, 5.74) is 4.94. The van der Waals surface area contributed by atoms with Gasteiger partial charge < -0.3 is 5.73 Å². The van der Waals surface area contributed by atoms with Gasteiger partial charge in [0.15, 0.2) is 0 Å². The van der Waals surface area contributed by atoms with E-state index in [2.05, 4.69) is 0 Å². The molecule has 1 aliphatic rings. The summed E-state index contributed by atoms with van der Waals surface area (Å²) >= 11 is 1.64. The smallest absolute Gasteiger partial charge is 0.230 e. The normalized spacial score (nSPS) is 28.9. The average Bonchev–Trinajstić information content (AvgIpc) is 1.23. The number of hydrogen-bond donors (Lipinski definition) is 1. The van der Waals surface area contributed by atoms with Gasteiger partial charge in [0.05, 0.1) is 5.25 Å². The van der Waals surface area contributed by atoms with Crippen molar-refractivity contribution in [1.29, 1.82) is 0 Å². The maximum absolute atomic E-state index is 10.2. The predicted octanol–water partition coefficient (Wildman–Crippen LogP) is -0.0228. The van der Waals surface area contributed by atoms with Crippen molar-refractivity contribution in [3.63, 3.8) is 0 Å². The van der Waals surface area contributed by atoms with E-state index in [0.717, 1.165) is 12.2 Å². The minimum absolute atomic E-state index is 0.139. The Morgan fingerprint density at radius 1 is 1.86 bits per heavy atom. The first-order valence-corrected chi connectivity index (χ1v) is 3.26. The molecule has 0 spiro atoms. The van der Waals surface area contributed by atoms with Gasteiger partial charge in [-0.2, -0.15) is 0 Å². The fourth-order valence-corrected chi connectivity index (χ4v) is 1.10. The van der Waals surface area contributed by atoms with Crippen LogP contribution in [0.1, 0.15) is 6.42 Å². The van der Waals surface area contributed by atoms with Gasteiger partial charge in [0, 0.05) is 0 Å². The number of nitrogens with two attached hydrogens (primary N) is 1. The summed E-state index contributed by atoms with van der Waals surface area (Å²) in [7, 11) is 0. The SMILES string of the molecule is NC(=O)C1CCS1. The summed E-state index contributed by atoms with van der Waals surface area (Å²) in [6.45, 7) is 0. The van der Waals surface area contributed by atoms with Gasteiger partial charge in [0.25, 0.3) is 0 Å². The van der Waals surface area contributed by atoms with Crippen LogP contribution in [0.25, 0.3) is 0 Å². The molecule has 1 heterocycles. The standard InChI is InChI=1S/C4H7NOS/c5-4(6)3-1-2-7-3/h3H,1-2H2,(H2,5,6). The van der Waals surface area contributed by atoms with Crippen molar-refractivity contribution in [3.8, 4) is 0 Å². The molecule has 0 aromatic carbocycles. The summed E-state index contributed by atoms with van der Waals surface area (Å²) < 4.78 is 0. The molecule has 1 atom stereocenters. The largest absolute Gasteiger partial charge is 0.369 e. The van der Waals surface area contributed by atoms with E-state index < -0.39 is 0 Å². The van der Waals surface area contributed by atoms with Crippen molar-refractivity contribution in [1.82, 2.24) is 0 Å². The van der Waals surface area contributed by atoms with Crippen molar-refractivity contribution >= 4 is 17.7 Å². The van der Waals surface area contributed by atoms with Crippen LogP contribution in [0.15, 0.2) is 0 Å². The minimum atomic E-state index is -0.156. The van der Waals surface area contributed by atoms with Crippen LogP contribution in [0.4, 0.5) is 0 Å². The van der Waals surface area contributed by atoms with Crippen molar-refractivity contribution < 1.29 is 4.79 Å². The first kappa shape index (κ1) is 4.97. The molecule has 0 aromatic heterocycles. The number of carbonyl (C=O) groups excluding carboxylic acids is 1. The number of carbonyl (C=O) groups is 1. The molecule has 0 aliphatic carbocycles. The quantitative estimate of drug-likeness (QED) is 0.524. The molecule has 2 N–H and O–H groups in total. The second kappa shape index (κ2) is 1.74. The molecule has 2 nitrogen and oxygen atoms in total. The van der Waals surface area contributed by atoms with E-state index >= 15 is 0 Å². The van der Waals surface area contributed by atoms with Crippen LogP contribution in [-0.4, -0.2) is 16.9 Å². The molecule has 1 saturated heterocycles. The molecule has 0 saturated carbocycles. The van der Waals surface area contributed by atoms with E-state index in [-0.39, 0.29) is 11.2 Å². The summed E-state index contributed by atoms with van der Waals surface area (Å²) in [6.07, 6.45) is 0.986. The Balaban J connectivity index is 2.27. The van der Waals surface area contributed by atoms with Crippen LogP contribution in [0, 0.1) is 0 Å². The van der Waals surface area contributed by atoms with Crippen LogP contribution in [0.5, 0.6) is 0 Å². The molecule has 1 amide bonds. The van der Waals surface area contributed by atoms with E-state index in [1.54, 1.807) is 11.8 Å². The van der Waals surface area contributed by atoms with Crippen molar-refractivity contribution in [2.45, 2.75) is 11.7 Å². The zero-order valence-electron chi connectivity index (χ0n) is 3.89. The Morgan fingerprint density at radius 2 is 2.43 bits per heavy atom. The number of amides is 1. The maximum Gasteiger partial charge on any atom is 0.230 e. The Morgan fingerprint density at radius 3 is 2.43 bits per heavy atom. The second-order valence-corrected chi connectivity index (χ2v) is 2.86. The lowest BCUT2D eigenvalue weighted by Gasteiger charge is -2.20. The molecule has 0 radical (unpaired) electrons. The monoisotopic (exact) mass is 117 g/mol. The van der Waals surface area contributed by atoms with Gasteiger partial charge in [0.1, 0.15) is 0 Å². The van der Waals surface area contributed by atoms with E-state index in [9.17, 15) is 4.79 Å².